The van der Waals surface area contributed by atoms with Crippen LogP contribution in [-0.2, 0) is 16.6 Å². The summed E-state index contributed by atoms with van der Waals surface area (Å²) in [6.07, 6.45) is -1.29. The van der Waals surface area contributed by atoms with Crippen LogP contribution in [0.2, 0.25) is 0 Å². The van der Waals surface area contributed by atoms with Crippen LogP contribution in [0.3, 0.4) is 0 Å². The second-order valence-corrected chi connectivity index (χ2v) is 14.1. The molecule has 11 nitrogen and oxygen atoms in total. The summed E-state index contributed by atoms with van der Waals surface area (Å²) in [5.41, 5.74) is 3.58. The topological polar surface area (TPSA) is 135 Å². The summed E-state index contributed by atoms with van der Waals surface area (Å²) < 4.78 is 27.8. The van der Waals surface area contributed by atoms with Crippen LogP contribution in [0.1, 0.15) is 27.9 Å². The Kier molecular flexibility index (Phi) is 9.59. The summed E-state index contributed by atoms with van der Waals surface area (Å²) in [5, 5.41) is 16.1. The van der Waals surface area contributed by atoms with Gasteiger partial charge in [-0.1, -0.05) is 29.5 Å². The SMILES string of the molecule is Cc1nc(NC(=O)O)sc1S(=O)(=O)N1CCN(C[C@H](C)NC(=O)c2cc(-c3cccc(CN(C)C)c3)cs2)CC1. The zero-order chi connectivity index (χ0) is 29.0. The molecular weight excluding hydrogens is 573 g/mol. The molecule has 0 spiro atoms. The number of aryl methyl sites for hydroxylation is 1. The zero-order valence-corrected chi connectivity index (χ0v) is 25.3. The number of anilines is 1. The number of carbonyl (C=O) groups excluding carboxylic acids is 1. The summed E-state index contributed by atoms with van der Waals surface area (Å²) in [4.78, 5) is 32.7. The van der Waals surface area contributed by atoms with Gasteiger partial charge in [-0.25, -0.2) is 18.2 Å². The normalized spacial score (nSPS) is 15.7. The van der Waals surface area contributed by atoms with E-state index in [0.29, 0.717) is 37.6 Å². The Morgan fingerprint density at radius 3 is 2.55 bits per heavy atom. The van der Waals surface area contributed by atoms with Crippen LogP contribution in [0.4, 0.5) is 9.93 Å². The number of hydrogen-bond donors (Lipinski definition) is 3. The van der Waals surface area contributed by atoms with Gasteiger partial charge < -0.3 is 15.3 Å². The fourth-order valence-corrected chi connectivity index (χ4v) is 8.37. The van der Waals surface area contributed by atoms with Crippen molar-refractivity contribution in [2.75, 3.05) is 52.1 Å². The molecule has 0 aliphatic carbocycles. The van der Waals surface area contributed by atoms with Crippen LogP contribution in [-0.4, -0.2) is 97.5 Å². The Balaban J connectivity index is 1.29. The average molecular weight is 607 g/mol. The van der Waals surface area contributed by atoms with Gasteiger partial charge in [0.05, 0.1) is 10.6 Å². The Hall–Kier alpha value is -2.88. The number of benzene rings is 1. The lowest BCUT2D eigenvalue weighted by Gasteiger charge is -2.35. The number of thiophene rings is 1. The molecule has 2 amide bonds. The number of nitrogens with one attached hydrogen (secondary N) is 2. The molecule has 3 heterocycles. The first-order valence-corrected chi connectivity index (χ1v) is 15.9. The van der Waals surface area contributed by atoms with Gasteiger partial charge >= 0.3 is 6.09 Å². The van der Waals surface area contributed by atoms with Crippen molar-refractivity contribution >= 4 is 49.8 Å². The molecular formula is C26H34N6O5S3. The lowest BCUT2D eigenvalue weighted by Crippen LogP contribution is -2.52. The lowest BCUT2D eigenvalue weighted by molar-refractivity contribution is 0.0926. The number of carboxylic acid groups (broad SMARTS) is 1. The molecule has 0 radical (unpaired) electrons. The van der Waals surface area contributed by atoms with E-state index < -0.39 is 16.1 Å². The van der Waals surface area contributed by atoms with Gasteiger partial charge in [-0.05, 0) is 62.1 Å². The van der Waals surface area contributed by atoms with Crippen molar-refractivity contribution in [3.05, 3.63) is 51.8 Å². The summed E-state index contributed by atoms with van der Waals surface area (Å²) in [7, 11) is 0.280. The van der Waals surface area contributed by atoms with Crippen LogP contribution in [0, 0.1) is 6.92 Å². The highest BCUT2D eigenvalue weighted by molar-refractivity contribution is 7.91. The summed E-state index contributed by atoms with van der Waals surface area (Å²) in [6, 6.07) is 10.1. The first-order valence-electron chi connectivity index (χ1n) is 12.8. The molecule has 3 aromatic rings. The molecule has 2 aromatic heterocycles. The fourth-order valence-electron chi connectivity index (χ4n) is 4.59. The van der Waals surface area contributed by atoms with E-state index >= 15 is 0 Å². The van der Waals surface area contributed by atoms with E-state index in [1.807, 2.05) is 44.6 Å². The predicted octanol–water partition coefficient (Wildman–Crippen LogP) is 3.46. The molecule has 3 N–H and O–H groups in total. The van der Waals surface area contributed by atoms with E-state index in [1.165, 1.54) is 21.2 Å². The third kappa shape index (κ3) is 7.44. The number of amides is 2. The Morgan fingerprint density at radius 2 is 1.88 bits per heavy atom. The minimum absolute atomic E-state index is 0.0301. The van der Waals surface area contributed by atoms with Crippen LogP contribution in [0.25, 0.3) is 11.1 Å². The van der Waals surface area contributed by atoms with Crippen molar-refractivity contribution in [3.63, 3.8) is 0 Å². The maximum Gasteiger partial charge on any atom is 0.410 e. The molecule has 0 unspecified atom stereocenters. The van der Waals surface area contributed by atoms with E-state index in [-0.39, 0.29) is 27.0 Å². The second kappa shape index (κ2) is 12.7. The molecule has 216 valence electrons. The van der Waals surface area contributed by atoms with Gasteiger partial charge in [-0.2, -0.15) is 4.31 Å². The number of rotatable bonds is 10. The van der Waals surface area contributed by atoms with Crippen molar-refractivity contribution in [1.82, 2.24) is 24.4 Å². The quantitative estimate of drug-likeness (QED) is 0.320. The number of thiazole rings is 1. The molecule has 0 saturated carbocycles. The molecule has 1 fully saturated rings. The molecule has 4 rings (SSSR count). The van der Waals surface area contributed by atoms with Gasteiger partial charge in [0.25, 0.3) is 15.9 Å². The number of aromatic nitrogens is 1. The number of nitrogens with zero attached hydrogens (tertiary/aromatic N) is 4. The third-order valence-electron chi connectivity index (χ3n) is 6.37. The van der Waals surface area contributed by atoms with Crippen molar-refractivity contribution in [2.45, 2.75) is 30.6 Å². The molecule has 1 aromatic carbocycles. The molecule has 1 aliphatic heterocycles. The van der Waals surface area contributed by atoms with Crippen LogP contribution >= 0.6 is 22.7 Å². The van der Waals surface area contributed by atoms with Gasteiger partial charge in [-0.3, -0.25) is 15.0 Å². The van der Waals surface area contributed by atoms with Crippen molar-refractivity contribution < 1.29 is 23.1 Å². The highest BCUT2D eigenvalue weighted by atomic mass is 32.2. The van der Waals surface area contributed by atoms with Crippen LogP contribution < -0.4 is 10.6 Å². The Morgan fingerprint density at radius 1 is 1.15 bits per heavy atom. The summed E-state index contributed by atoms with van der Waals surface area (Å²) >= 11 is 2.23. The van der Waals surface area contributed by atoms with Crippen molar-refractivity contribution in [2.24, 2.45) is 0 Å². The minimum atomic E-state index is -3.79. The first kappa shape index (κ1) is 30.1. The highest BCUT2D eigenvalue weighted by Gasteiger charge is 2.32. The van der Waals surface area contributed by atoms with Crippen molar-refractivity contribution in [1.29, 1.82) is 0 Å². The molecule has 40 heavy (non-hydrogen) atoms. The van der Waals surface area contributed by atoms with E-state index in [4.69, 9.17) is 5.11 Å². The smallest absolute Gasteiger partial charge is 0.410 e. The van der Waals surface area contributed by atoms with Gasteiger partial charge in [-0.15, -0.1) is 11.3 Å². The van der Waals surface area contributed by atoms with Gasteiger partial charge in [0, 0.05) is 45.3 Å². The minimum Gasteiger partial charge on any atom is -0.465 e. The van der Waals surface area contributed by atoms with Crippen molar-refractivity contribution in [3.8, 4) is 11.1 Å². The maximum atomic E-state index is 13.2. The molecule has 1 aliphatic rings. The number of hydrogen-bond acceptors (Lipinski definition) is 9. The predicted molar refractivity (Wildman–Crippen MR) is 158 cm³/mol. The second-order valence-electron chi connectivity index (χ2n) is 10.0. The third-order valence-corrected chi connectivity index (χ3v) is 10.9. The number of piperazine rings is 1. The lowest BCUT2D eigenvalue weighted by atomic mass is 10.1. The van der Waals surface area contributed by atoms with E-state index in [1.54, 1.807) is 6.92 Å². The monoisotopic (exact) mass is 606 g/mol. The maximum absolute atomic E-state index is 13.2. The largest absolute Gasteiger partial charge is 0.465 e. The average Bonchev–Trinajstić information content (AvgIpc) is 3.51. The Bertz CT molecular complexity index is 1460. The van der Waals surface area contributed by atoms with Gasteiger partial charge in [0.1, 0.15) is 0 Å². The van der Waals surface area contributed by atoms with E-state index in [9.17, 15) is 18.0 Å². The fraction of sp³-hybridized carbons (Fsp3) is 0.423. The zero-order valence-electron chi connectivity index (χ0n) is 22.9. The Labute approximate surface area is 242 Å². The molecule has 1 atom stereocenters. The van der Waals surface area contributed by atoms with Gasteiger partial charge in [0.2, 0.25) is 0 Å². The molecule has 14 heteroatoms. The standard InChI is InChI=1S/C26H34N6O5S3/c1-17(27-23(33)22-13-21(16-38-22)20-7-5-6-19(12-20)15-30(3)4)14-31-8-10-32(11-9-31)40(36,37)24-18(2)28-25(39-24)29-26(34)35/h5-7,12-13,16-17H,8-11,14-15H2,1-4H3,(H,27,33)(H,28,29)(H,34,35)/t17-/m0/s1. The number of sulfonamides is 1. The van der Waals surface area contributed by atoms with E-state index in [0.717, 1.165) is 29.0 Å². The first-order chi connectivity index (χ1) is 18.9. The number of carbonyl (C=O) groups is 2. The van der Waals surface area contributed by atoms with Gasteiger partial charge in [0.15, 0.2) is 9.34 Å². The summed E-state index contributed by atoms with van der Waals surface area (Å²) in [6.45, 7) is 6.56. The molecule has 1 saturated heterocycles. The van der Waals surface area contributed by atoms with Crippen LogP contribution in [0.15, 0.2) is 39.9 Å². The van der Waals surface area contributed by atoms with E-state index in [2.05, 4.69) is 37.6 Å². The van der Waals surface area contributed by atoms with Crippen LogP contribution in [0.5, 0.6) is 0 Å². The molecule has 0 bridgehead atoms. The summed E-state index contributed by atoms with van der Waals surface area (Å²) in [5.74, 6) is -0.124. The highest BCUT2D eigenvalue weighted by Crippen LogP contribution is 2.30.